The zero-order valence-corrected chi connectivity index (χ0v) is 10.5. The van der Waals surface area contributed by atoms with Gasteiger partial charge < -0.3 is 20.4 Å². The fraction of sp³-hybridized carbons (Fsp3) is 0. The molecule has 0 aliphatic rings. The molecule has 4 N–H and O–H groups in total. The molecule has 22 heavy (non-hydrogen) atoms. The van der Waals surface area contributed by atoms with Gasteiger partial charge in [0.25, 0.3) is 0 Å². The predicted octanol–water partition coefficient (Wildman–Crippen LogP) is 0.423. The van der Waals surface area contributed by atoms with Crippen LogP contribution in [0.25, 0.3) is 10.9 Å². The maximum atomic E-state index is 11.3. The number of aromatic carboxylic acids is 4. The lowest BCUT2D eigenvalue weighted by Crippen LogP contribution is -2.17. The summed E-state index contributed by atoms with van der Waals surface area (Å²) in [5.74, 6) is -7.47. The number of nitrogens with zero attached hydrogens (tertiary/aromatic N) is 2. The fourth-order valence-corrected chi connectivity index (χ4v) is 1.88. The van der Waals surface area contributed by atoms with Crippen LogP contribution in [0.2, 0.25) is 0 Å². The average molecular weight is 306 g/mol. The van der Waals surface area contributed by atoms with Crippen LogP contribution in [-0.2, 0) is 0 Å². The maximum absolute atomic E-state index is 11.3. The highest BCUT2D eigenvalue weighted by atomic mass is 16.4. The van der Waals surface area contributed by atoms with Gasteiger partial charge in [0, 0.05) is 11.6 Å². The van der Waals surface area contributed by atoms with Crippen molar-refractivity contribution < 1.29 is 39.6 Å². The van der Waals surface area contributed by atoms with Crippen LogP contribution < -0.4 is 0 Å². The molecule has 0 unspecified atom stereocenters. The smallest absolute Gasteiger partial charge is 0.373 e. The lowest BCUT2D eigenvalue weighted by molar-refractivity contribution is 0.0633. The minimum atomic E-state index is -1.79. The maximum Gasteiger partial charge on any atom is 0.373 e. The van der Waals surface area contributed by atoms with Gasteiger partial charge >= 0.3 is 23.9 Å². The van der Waals surface area contributed by atoms with Crippen LogP contribution in [0, 0.1) is 0 Å². The molecule has 0 saturated carbocycles. The van der Waals surface area contributed by atoms with E-state index in [4.69, 9.17) is 15.3 Å². The van der Waals surface area contributed by atoms with Gasteiger partial charge in [-0.1, -0.05) is 0 Å². The SMILES string of the molecule is O=C(O)c1ncc2cc(C(=O)O)c(C(=O)O)c(C(=O)O)c2n1. The molecule has 2 aromatic rings. The Balaban J connectivity index is 3.04. The van der Waals surface area contributed by atoms with Crippen LogP contribution in [0.5, 0.6) is 0 Å². The molecule has 0 spiro atoms. The number of hydrogen-bond donors (Lipinski definition) is 4. The molecule has 1 aromatic carbocycles. The van der Waals surface area contributed by atoms with Gasteiger partial charge in [0.1, 0.15) is 5.56 Å². The van der Waals surface area contributed by atoms with E-state index in [-0.39, 0.29) is 5.39 Å². The van der Waals surface area contributed by atoms with Crippen molar-refractivity contribution in [2.75, 3.05) is 0 Å². The van der Waals surface area contributed by atoms with Gasteiger partial charge in [0.2, 0.25) is 5.82 Å². The van der Waals surface area contributed by atoms with E-state index < -0.39 is 51.9 Å². The van der Waals surface area contributed by atoms with Crippen molar-refractivity contribution in [2.24, 2.45) is 0 Å². The first-order chi connectivity index (χ1) is 10.2. The lowest BCUT2D eigenvalue weighted by Gasteiger charge is -2.09. The van der Waals surface area contributed by atoms with Crippen LogP contribution in [0.3, 0.4) is 0 Å². The first-order valence-electron chi connectivity index (χ1n) is 5.51. The van der Waals surface area contributed by atoms with Crippen LogP contribution in [0.15, 0.2) is 12.3 Å². The van der Waals surface area contributed by atoms with Crippen molar-refractivity contribution in [3.8, 4) is 0 Å². The molecule has 0 saturated heterocycles. The Morgan fingerprint density at radius 1 is 0.818 bits per heavy atom. The number of carbonyl (C=O) groups is 4. The summed E-state index contributed by atoms with van der Waals surface area (Å²) >= 11 is 0. The highest BCUT2D eigenvalue weighted by molar-refractivity contribution is 6.16. The topological polar surface area (TPSA) is 175 Å². The number of benzene rings is 1. The minimum absolute atomic E-state index is 0.107. The largest absolute Gasteiger partial charge is 0.478 e. The Hall–Kier alpha value is -3.56. The third-order valence-electron chi connectivity index (χ3n) is 2.72. The normalized spacial score (nSPS) is 10.4. The molecule has 0 amide bonds. The zero-order chi connectivity index (χ0) is 16.6. The van der Waals surface area contributed by atoms with E-state index in [1.165, 1.54) is 0 Å². The zero-order valence-electron chi connectivity index (χ0n) is 10.5. The van der Waals surface area contributed by atoms with Crippen molar-refractivity contribution in [1.82, 2.24) is 9.97 Å². The van der Waals surface area contributed by atoms with Gasteiger partial charge in [-0.2, -0.15) is 0 Å². The van der Waals surface area contributed by atoms with Crippen molar-refractivity contribution in [3.05, 3.63) is 34.8 Å². The summed E-state index contributed by atoms with van der Waals surface area (Å²) in [6.07, 6.45) is 0.913. The molecule has 0 fully saturated rings. The van der Waals surface area contributed by atoms with Gasteiger partial charge in [-0.3, -0.25) is 0 Å². The first-order valence-corrected chi connectivity index (χ1v) is 5.51. The number of carboxylic acids is 4. The number of carboxylic acid groups (broad SMARTS) is 4. The van der Waals surface area contributed by atoms with Gasteiger partial charge in [0.05, 0.1) is 16.6 Å². The van der Waals surface area contributed by atoms with E-state index in [1.54, 1.807) is 0 Å². The molecule has 0 aliphatic heterocycles. The highest BCUT2D eigenvalue weighted by Gasteiger charge is 2.28. The second-order valence-corrected chi connectivity index (χ2v) is 4.03. The summed E-state index contributed by atoms with van der Waals surface area (Å²) in [6, 6.07) is 0.874. The average Bonchev–Trinajstić information content (AvgIpc) is 2.43. The van der Waals surface area contributed by atoms with Crippen molar-refractivity contribution in [2.45, 2.75) is 0 Å². The molecule has 10 heteroatoms. The lowest BCUT2D eigenvalue weighted by atomic mass is 9.97. The summed E-state index contributed by atoms with van der Waals surface area (Å²) in [7, 11) is 0. The quantitative estimate of drug-likeness (QED) is 0.619. The monoisotopic (exact) mass is 306 g/mol. The van der Waals surface area contributed by atoms with Crippen LogP contribution in [0.4, 0.5) is 0 Å². The molecule has 0 aliphatic carbocycles. The Kier molecular flexibility index (Phi) is 3.43. The fourth-order valence-electron chi connectivity index (χ4n) is 1.88. The van der Waals surface area contributed by atoms with Crippen molar-refractivity contribution in [1.29, 1.82) is 0 Å². The number of hydrogen-bond acceptors (Lipinski definition) is 6. The van der Waals surface area contributed by atoms with Crippen molar-refractivity contribution in [3.63, 3.8) is 0 Å². The Morgan fingerprint density at radius 3 is 1.86 bits per heavy atom. The van der Waals surface area contributed by atoms with Crippen LogP contribution in [0.1, 0.15) is 41.7 Å². The van der Waals surface area contributed by atoms with E-state index in [0.717, 1.165) is 12.3 Å². The van der Waals surface area contributed by atoms with Crippen LogP contribution >= 0.6 is 0 Å². The molecule has 2 rings (SSSR count). The Morgan fingerprint density at radius 2 is 1.41 bits per heavy atom. The molecule has 10 nitrogen and oxygen atoms in total. The summed E-state index contributed by atoms with van der Waals surface area (Å²) in [4.78, 5) is 51.5. The highest BCUT2D eigenvalue weighted by Crippen LogP contribution is 2.25. The van der Waals surface area contributed by atoms with Crippen LogP contribution in [-0.4, -0.2) is 54.3 Å². The van der Waals surface area contributed by atoms with Crippen molar-refractivity contribution >= 4 is 34.8 Å². The molecular formula is C12H6N2O8. The predicted molar refractivity (Wildman–Crippen MR) is 67.4 cm³/mol. The number of rotatable bonds is 4. The second-order valence-electron chi connectivity index (χ2n) is 4.03. The van der Waals surface area contributed by atoms with E-state index in [0.29, 0.717) is 0 Å². The van der Waals surface area contributed by atoms with E-state index in [2.05, 4.69) is 9.97 Å². The summed E-state index contributed by atoms with van der Waals surface area (Å²) in [5, 5.41) is 36.0. The van der Waals surface area contributed by atoms with E-state index in [1.807, 2.05) is 0 Å². The Labute approximate surface area is 120 Å². The van der Waals surface area contributed by atoms with Gasteiger partial charge in [0.15, 0.2) is 0 Å². The van der Waals surface area contributed by atoms with Gasteiger partial charge in [-0.25, -0.2) is 29.1 Å². The number of fused-ring (bicyclic) bond motifs is 1. The Bertz CT molecular complexity index is 858. The van der Waals surface area contributed by atoms with E-state index >= 15 is 0 Å². The summed E-state index contributed by atoms with van der Waals surface area (Å²) in [6.45, 7) is 0. The third kappa shape index (κ3) is 2.28. The molecule has 112 valence electrons. The molecule has 0 atom stereocenters. The summed E-state index contributed by atoms with van der Waals surface area (Å²) in [5.41, 5.74) is -3.12. The van der Waals surface area contributed by atoms with Gasteiger partial charge in [-0.05, 0) is 6.07 Å². The molecule has 0 bridgehead atoms. The molecule has 1 aromatic heterocycles. The molecular weight excluding hydrogens is 300 g/mol. The molecule has 1 heterocycles. The standard InChI is InChI=1S/C12H6N2O8/c15-9(16)4-1-3-2-13-8(12(21)22)14-7(3)6(11(19)20)5(4)10(17)18/h1-2H,(H,15,16)(H,17,18)(H,19,20)(H,21,22). The third-order valence-corrected chi connectivity index (χ3v) is 2.72. The second kappa shape index (κ2) is 5.09. The molecule has 0 radical (unpaired) electrons. The van der Waals surface area contributed by atoms with E-state index in [9.17, 15) is 24.3 Å². The van der Waals surface area contributed by atoms with Gasteiger partial charge in [-0.15, -0.1) is 0 Å². The summed E-state index contributed by atoms with van der Waals surface area (Å²) < 4.78 is 0. The number of aromatic nitrogens is 2. The first kappa shape index (κ1) is 14.8. The minimum Gasteiger partial charge on any atom is -0.478 e.